The molecule has 5 nitrogen and oxygen atoms in total. The van der Waals surface area contributed by atoms with E-state index in [1.165, 1.54) is 12.1 Å². The molecule has 2 aromatic carbocycles. The monoisotopic (exact) mass is 414 g/mol. The van der Waals surface area contributed by atoms with Crippen molar-refractivity contribution in [2.45, 2.75) is 5.03 Å². The minimum atomic E-state index is -0.844. The molecule has 0 aliphatic carbocycles. The number of carbonyl (C=O) groups is 1. The second-order valence-corrected chi connectivity index (χ2v) is 7.02. The van der Waals surface area contributed by atoms with E-state index in [9.17, 15) is 18.0 Å². The van der Waals surface area contributed by atoms with Crippen LogP contribution in [-0.2, 0) is 4.79 Å². The number of benzene rings is 2. The topological polar surface area (TPSA) is 59.3 Å². The number of thioether (sulfide) groups is 1. The van der Waals surface area contributed by atoms with Crippen molar-refractivity contribution in [3.05, 3.63) is 78.4 Å². The third kappa shape index (κ3) is 4.24. The molecule has 0 saturated heterocycles. The lowest BCUT2D eigenvalue weighted by molar-refractivity contribution is -0.113. The van der Waals surface area contributed by atoms with Crippen molar-refractivity contribution >= 4 is 28.9 Å². The molecule has 4 aromatic rings. The number of carbonyl (C=O) groups excluding carboxylic acids is 1. The zero-order valence-corrected chi connectivity index (χ0v) is 15.6. The van der Waals surface area contributed by atoms with Gasteiger partial charge < -0.3 is 5.32 Å². The molecule has 1 amide bonds. The van der Waals surface area contributed by atoms with E-state index in [2.05, 4.69) is 15.4 Å². The molecule has 2 heterocycles. The Hall–Kier alpha value is -3.33. The average Bonchev–Trinajstić information content (AvgIpc) is 3.14. The molecule has 0 fully saturated rings. The summed E-state index contributed by atoms with van der Waals surface area (Å²) in [4.78, 5) is 16.4. The van der Waals surface area contributed by atoms with Crippen molar-refractivity contribution in [3.8, 4) is 11.3 Å². The Labute approximate surface area is 167 Å². The zero-order chi connectivity index (χ0) is 20.4. The fourth-order valence-electron chi connectivity index (χ4n) is 2.68. The van der Waals surface area contributed by atoms with Crippen molar-refractivity contribution in [1.29, 1.82) is 0 Å². The lowest BCUT2D eigenvalue weighted by Gasteiger charge is -2.06. The average molecular weight is 414 g/mol. The minimum Gasteiger partial charge on any atom is -0.323 e. The summed E-state index contributed by atoms with van der Waals surface area (Å²) in [6.07, 6.45) is 3.22. The highest BCUT2D eigenvalue weighted by molar-refractivity contribution is 8.00. The van der Waals surface area contributed by atoms with Gasteiger partial charge in [-0.1, -0.05) is 11.8 Å². The van der Waals surface area contributed by atoms with E-state index < -0.39 is 17.5 Å². The van der Waals surface area contributed by atoms with E-state index in [0.717, 1.165) is 29.5 Å². The molecule has 0 aliphatic rings. The number of rotatable bonds is 5. The molecule has 0 bridgehead atoms. The molecule has 4 rings (SSSR count). The van der Waals surface area contributed by atoms with Gasteiger partial charge in [0, 0.05) is 24.0 Å². The van der Waals surface area contributed by atoms with Crippen LogP contribution in [0.5, 0.6) is 0 Å². The van der Waals surface area contributed by atoms with Gasteiger partial charge in [-0.2, -0.15) is 5.10 Å². The van der Waals surface area contributed by atoms with Gasteiger partial charge in [-0.25, -0.2) is 22.7 Å². The van der Waals surface area contributed by atoms with E-state index >= 15 is 0 Å². The fourth-order valence-corrected chi connectivity index (χ4v) is 3.46. The van der Waals surface area contributed by atoms with Crippen LogP contribution >= 0.6 is 11.8 Å². The Kier molecular flexibility index (Phi) is 5.22. The third-order valence-electron chi connectivity index (χ3n) is 4.04. The maximum Gasteiger partial charge on any atom is 0.234 e. The summed E-state index contributed by atoms with van der Waals surface area (Å²) in [5.74, 6) is -2.38. The van der Waals surface area contributed by atoms with Crippen LogP contribution < -0.4 is 5.32 Å². The number of hydrogen-bond acceptors (Lipinski definition) is 4. The summed E-state index contributed by atoms with van der Waals surface area (Å²) in [6, 6.07) is 10.7. The van der Waals surface area contributed by atoms with E-state index in [4.69, 9.17) is 0 Å². The van der Waals surface area contributed by atoms with Crippen LogP contribution in [0, 0.1) is 17.5 Å². The Morgan fingerprint density at radius 3 is 2.55 bits per heavy atom. The largest absolute Gasteiger partial charge is 0.323 e. The maximum absolute atomic E-state index is 13.7. The van der Waals surface area contributed by atoms with Crippen LogP contribution in [0.15, 0.2) is 66.0 Å². The van der Waals surface area contributed by atoms with Gasteiger partial charge in [-0.05, 0) is 42.5 Å². The first-order valence-corrected chi connectivity index (χ1v) is 9.46. The molecule has 1 N–H and O–H groups in total. The standard InChI is InChI=1S/C20H13F3N4OS/c21-13-3-1-12(2-4-13)17-10-18-20(24-7-8-27(18)26-17)29-11-19(28)25-16-6-5-14(22)9-15(16)23/h1-10H,11H2,(H,25,28). The number of halogens is 3. The summed E-state index contributed by atoms with van der Waals surface area (Å²) in [5.41, 5.74) is 1.97. The Balaban J connectivity index is 1.50. The van der Waals surface area contributed by atoms with Crippen LogP contribution in [-0.4, -0.2) is 26.3 Å². The second kappa shape index (κ2) is 7.96. The van der Waals surface area contributed by atoms with Gasteiger partial charge in [0.25, 0.3) is 0 Å². The van der Waals surface area contributed by atoms with Gasteiger partial charge in [-0.3, -0.25) is 4.79 Å². The maximum atomic E-state index is 13.7. The molecule has 2 aromatic heterocycles. The molecule has 0 spiro atoms. The molecular weight excluding hydrogens is 401 g/mol. The van der Waals surface area contributed by atoms with Gasteiger partial charge >= 0.3 is 0 Å². The first-order chi connectivity index (χ1) is 14.0. The predicted octanol–water partition coefficient (Wildman–Crippen LogP) is 4.54. The normalized spacial score (nSPS) is 11.0. The number of fused-ring (bicyclic) bond motifs is 1. The number of amides is 1. The SMILES string of the molecule is O=C(CSc1nccn2nc(-c3ccc(F)cc3)cc12)Nc1ccc(F)cc1F. The van der Waals surface area contributed by atoms with Gasteiger partial charge in [0.15, 0.2) is 0 Å². The van der Waals surface area contributed by atoms with Crippen molar-refractivity contribution in [2.75, 3.05) is 11.1 Å². The van der Waals surface area contributed by atoms with Crippen LogP contribution in [0.25, 0.3) is 16.8 Å². The number of aromatic nitrogens is 3. The molecule has 0 atom stereocenters. The Morgan fingerprint density at radius 2 is 1.79 bits per heavy atom. The van der Waals surface area contributed by atoms with Gasteiger partial charge in [0.1, 0.15) is 22.5 Å². The number of anilines is 1. The number of nitrogens with zero attached hydrogens (tertiary/aromatic N) is 3. The number of hydrogen-bond donors (Lipinski definition) is 1. The quantitative estimate of drug-likeness (QED) is 0.487. The highest BCUT2D eigenvalue weighted by atomic mass is 32.2. The van der Waals surface area contributed by atoms with E-state index in [0.29, 0.717) is 22.3 Å². The fraction of sp³-hybridized carbons (Fsp3) is 0.0500. The van der Waals surface area contributed by atoms with Crippen molar-refractivity contribution in [2.24, 2.45) is 0 Å². The minimum absolute atomic E-state index is 0.0272. The van der Waals surface area contributed by atoms with Crippen LogP contribution in [0.1, 0.15) is 0 Å². The van der Waals surface area contributed by atoms with E-state index in [1.807, 2.05) is 0 Å². The summed E-state index contributed by atoms with van der Waals surface area (Å²) >= 11 is 1.16. The summed E-state index contributed by atoms with van der Waals surface area (Å²) in [7, 11) is 0. The van der Waals surface area contributed by atoms with Crippen LogP contribution in [0.3, 0.4) is 0 Å². The van der Waals surface area contributed by atoms with Crippen molar-refractivity contribution < 1.29 is 18.0 Å². The summed E-state index contributed by atoms with van der Waals surface area (Å²) in [6.45, 7) is 0. The van der Waals surface area contributed by atoms with E-state index in [1.54, 1.807) is 35.1 Å². The lowest BCUT2D eigenvalue weighted by Crippen LogP contribution is -2.15. The van der Waals surface area contributed by atoms with Crippen LogP contribution in [0.2, 0.25) is 0 Å². The third-order valence-corrected chi connectivity index (χ3v) is 5.03. The first-order valence-electron chi connectivity index (χ1n) is 8.47. The van der Waals surface area contributed by atoms with Gasteiger partial charge in [-0.15, -0.1) is 0 Å². The van der Waals surface area contributed by atoms with Gasteiger partial charge in [0.05, 0.1) is 22.7 Å². The first kappa shape index (κ1) is 19.0. The molecule has 146 valence electrons. The van der Waals surface area contributed by atoms with Crippen LogP contribution in [0.4, 0.5) is 18.9 Å². The Bertz CT molecular complexity index is 1190. The highest BCUT2D eigenvalue weighted by Gasteiger charge is 2.13. The lowest BCUT2D eigenvalue weighted by atomic mass is 10.1. The number of nitrogens with one attached hydrogen (secondary N) is 1. The molecule has 29 heavy (non-hydrogen) atoms. The predicted molar refractivity (Wildman–Crippen MR) is 104 cm³/mol. The van der Waals surface area contributed by atoms with Crippen molar-refractivity contribution in [1.82, 2.24) is 14.6 Å². The molecule has 0 aliphatic heterocycles. The highest BCUT2D eigenvalue weighted by Crippen LogP contribution is 2.26. The molecule has 0 saturated carbocycles. The molecular formula is C20H13F3N4OS. The summed E-state index contributed by atoms with van der Waals surface area (Å²) in [5, 5.41) is 7.41. The molecule has 0 unspecified atom stereocenters. The summed E-state index contributed by atoms with van der Waals surface area (Å²) < 4.78 is 41.4. The molecule has 0 radical (unpaired) electrons. The Morgan fingerprint density at radius 1 is 1.03 bits per heavy atom. The molecule has 9 heteroatoms. The van der Waals surface area contributed by atoms with Gasteiger partial charge in [0.2, 0.25) is 5.91 Å². The van der Waals surface area contributed by atoms with E-state index in [-0.39, 0.29) is 17.3 Å². The second-order valence-electron chi connectivity index (χ2n) is 6.06. The van der Waals surface area contributed by atoms with Crippen molar-refractivity contribution in [3.63, 3.8) is 0 Å². The zero-order valence-electron chi connectivity index (χ0n) is 14.8. The smallest absolute Gasteiger partial charge is 0.234 e.